The van der Waals surface area contributed by atoms with Crippen LogP contribution in [0, 0.1) is 0 Å². The van der Waals surface area contributed by atoms with E-state index in [2.05, 4.69) is 117 Å². The Hall–Kier alpha value is -3.59. The smallest absolute Gasteiger partial charge is 0.306 e. The lowest BCUT2D eigenvalue weighted by Crippen LogP contribution is -2.37. The SMILES string of the molecule is CC/C=C\C/C=C\C/C=C\C/C=C\C/C=C\C/C=C\CCC(=O)OC[C@H](COP(=O)([O-])OCC[N+](C)(C)C)OC(=O)CCC/C=C\C/C=C\C/C=C\C/C=C\CCCCC. The molecule has 0 spiro atoms. The Bertz CT molecular complexity index is 1430. The van der Waals surface area contributed by atoms with Crippen LogP contribution in [0.3, 0.4) is 0 Å². The van der Waals surface area contributed by atoms with Gasteiger partial charge in [0.2, 0.25) is 0 Å². The van der Waals surface area contributed by atoms with Gasteiger partial charge in [-0.05, 0) is 89.9 Å². The van der Waals surface area contributed by atoms with E-state index < -0.39 is 32.5 Å². The Kier molecular flexibility index (Phi) is 38.4. The second-order valence-electron chi connectivity index (χ2n) is 15.3. The fourth-order valence-electron chi connectivity index (χ4n) is 5.02. The number of rotatable bonds is 38. The molecule has 0 amide bonds. The van der Waals surface area contributed by atoms with Crippen molar-refractivity contribution < 1.29 is 42.1 Å². The van der Waals surface area contributed by atoms with Crippen molar-refractivity contribution >= 4 is 19.8 Å². The molecule has 9 nitrogen and oxygen atoms in total. The molecule has 0 aliphatic carbocycles. The van der Waals surface area contributed by atoms with Gasteiger partial charge < -0.3 is 27.9 Å². The predicted molar refractivity (Wildman–Crippen MR) is 249 cm³/mol. The molecular weight excluding hydrogens is 774 g/mol. The molecule has 0 bridgehead atoms. The van der Waals surface area contributed by atoms with Crippen molar-refractivity contribution in [2.45, 2.75) is 136 Å². The van der Waals surface area contributed by atoms with E-state index in [9.17, 15) is 19.0 Å². The van der Waals surface area contributed by atoms with Gasteiger partial charge >= 0.3 is 11.9 Å². The number of nitrogens with zero attached hydrogens (tertiary/aromatic N) is 1. The van der Waals surface area contributed by atoms with Gasteiger partial charge in [0.1, 0.15) is 19.8 Å². The zero-order valence-corrected chi connectivity index (χ0v) is 38.7. The zero-order chi connectivity index (χ0) is 44.3. The number of quaternary nitrogens is 1. The van der Waals surface area contributed by atoms with Crippen molar-refractivity contribution in [3.8, 4) is 0 Å². The summed E-state index contributed by atoms with van der Waals surface area (Å²) in [6.07, 6.45) is 56.8. The third-order valence-electron chi connectivity index (χ3n) is 8.48. The van der Waals surface area contributed by atoms with E-state index in [0.29, 0.717) is 30.3 Å². The van der Waals surface area contributed by atoms with Crippen LogP contribution in [0.1, 0.15) is 129 Å². The first-order chi connectivity index (χ1) is 29.0. The van der Waals surface area contributed by atoms with E-state index in [1.54, 1.807) is 0 Å². The summed E-state index contributed by atoms with van der Waals surface area (Å²) >= 11 is 0. The molecule has 0 aliphatic heterocycles. The van der Waals surface area contributed by atoms with E-state index in [0.717, 1.165) is 64.2 Å². The Morgan fingerprint density at radius 2 is 0.967 bits per heavy atom. The summed E-state index contributed by atoms with van der Waals surface area (Å²) in [5.41, 5.74) is 0. The average Bonchev–Trinajstić information content (AvgIpc) is 3.20. The summed E-state index contributed by atoms with van der Waals surface area (Å²) in [6, 6.07) is 0. The molecule has 0 saturated heterocycles. The number of carbonyl (C=O) groups excluding carboxylic acids is 2. The Morgan fingerprint density at radius 1 is 0.533 bits per heavy atom. The molecule has 0 fully saturated rings. The third-order valence-corrected chi connectivity index (χ3v) is 9.44. The van der Waals surface area contributed by atoms with E-state index in [1.165, 1.54) is 19.3 Å². The molecule has 338 valence electrons. The minimum Gasteiger partial charge on any atom is -0.756 e. The van der Waals surface area contributed by atoms with Gasteiger partial charge in [-0.25, -0.2) is 0 Å². The maximum absolute atomic E-state index is 12.7. The van der Waals surface area contributed by atoms with E-state index in [4.69, 9.17) is 18.5 Å². The maximum Gasteiger partial charge on any atom is 0.306 e. The van der Waals surface area contributed by atoms with Crippen molar-refractivity contribution in [3.05, 3.63) is 122 Å². The minimum atomic E-state index is -4.67. The number of hydrogen-bond donors (Lipinski definition) is 0. The lowest BCUT2D eigenvalue weighted by Gasteiger charge is -2.28. The predicted octanol–water partition coefficient (Wildman–Crippen LogP) is 12.3. The summed E-state index contributed by atoms with van der Waals surface area (Å²) in [7, 11) is 1.07. The average molecular weight is 854 g/mol. The molecule has 0 aromatic heterocycles. The Balaban J connectivity index is 4.60. The van der Waals surface area contributed by atoms with Gasteiger partial charge in [-0.3, -0.25) is 14.2 Å². The van der Waals surface area contributed by atoms with Crippen LogP contribution in [0.2, 0.25) is 0 Å². The molecule has 0 aromatic rings. The summed E-state index contributed by atoms with van der Waals surface area (Å²) in [6.45, 7) is 3.89. The summed E-state index contributed by atoms with van der Waals surface area (Å²) in [5.74, 6) is -1.01. The second kappa shape index (κ2) is 40.8. The number of carbonyl (C=O) groups is 2. The number of allylic oxidation sites excluding steroid dienone is 20. The third kappa shape index (κ3) is 44.0. The van der Waals surface area contributed by atoms with Crippen LogP contribution in [-0.2, 0) is 32.7 Å². The number of likely N-dealkylation sites (N-methyl/N-ethyl adjacent to an activating group) is 1. The lowest BCUT2D eigenvalue weighted by atomic mass is 10.2. The Morgan fingerprint density at radius 3 is 1.42 bits per heavy atom. The van der Waals surface area contributed by atoms with Crippen LogP contribution >= 0.6 is 7.82 Å². The van der Waals surface area contributed by atoms with Gasteiger partial charge in [-0.2, -0.15) is 0 Å². The van der Waals surface area contributed by atoms with Crippen molar-refractivity contribution in [1.29, 1.82) is 0 Å². The van der Waals surface area contributed by atoms with Gasteiger partial charge in [-0.15, -0.1) is 0 Å². The standard InChI is InChI=1S/C50H80NO8P/c1-6-8-10-12-14-16-18-20-22-24-25-27-28-30-32-34-36-38-40-42-49(52)56-46-48(47-58-60(54,55)57-45-44-51(3,4)5)59-50(53)43-41-39-37-35-33-31-29-26-23-21-19-17-15-13-11-9-7-2/h8,10,14-17,20-23,25,27,29-32,35-38,48H,6-7,9,11-13,18-19,24,26,28,33-34,39-47H2,1-5H3/b10-8-,16-14-,17-15-,22-20-,23-21-,27-25-,31-29-,32-30-,37-35-,38-36-/t48-/m1/s1. The molecule has 0 saturated carbocycles. The quantitative estimate of drug-likeness (QED) is 0.0198. The highest BCUT2D eigenvalue weighted by atomic mass is 31.2. The van der Waals surface area contributed by atoms with Crippen LogP contribution in [0.15, 0.2) is 122 Å². The van der Waals surface area contributed by atoms with Gasteiger partial charge in [0.05, 0.1) is 27.7 Å². The molecule has 0 heterocycles. The lowest BCUT2D eigenvalue weighted by molar-refractivity contribution is -0.870. The van der Waals surface area contributed by atoms with E-state index in [1.807, 2.05) is 39.4 Å². The first-order valence-corrected chi connectivity index (χ1v) is 23.7. The van der Waals surface area contributed by atoms with E-state index in [-0.39, 0.29) is 26.1 Å². The van der Waals surface area contributed by atoms with Gasteiger partial charge in [0.15, 0.2) is 6.10 Å². The van der Waals surface area contributed by atoms with Crippen LogP contribution in [0.25, 0.3) is 0 Å². The molecule has 10 heteroatoms. The highest BCUT2D eigenvalue weighted by Gasteiger charge is 2.21. The first-order valence-electron chi connectivity index (χ1n) is 22.2. The summed E-state index contributed by atoms with van der Waals surface area (Å²) < 4.78 is 33.7. The van der Waals surface area contributed by atoms with Gasteiger partial charge in [0.25, 0.3) is 7.82 Å². The molecule has 60 heavy (non-hydrogen) atoms. The normalized spacial score (nSPS) is 14.7. The second-order valence-corrected chi connectivity index (χ2v) is 16.7. The summed E-state index contributed by atoms with van der Waals surface area (Å²) in [4.78, 5) is 37.5. The maximum atomic E-state index is 12.7. The highest BCUT2D eigenvalue weighted by Crippen LogP contribution is 2.38. The van der Waals surface area contributed by atoms with Crippen LogP contribution in [-0.4, -0.2) is 70.0 Å². The molecule has 0 aliphatic rings. The topological polar surface area (TPSA) is 111 Å². The van der Waals surface area contributed by atoms with Crippen molar-refractivity contribution in [2.75, 3.05) is 47.5 Å². The van der Waals surface area contributed by atoms with Gasteiger partial charge in [-0.1, -0.05) is 148 Å². The number of unbranched alkanes of at least 4 members (excludes halogenated alkanes) is 4. The zero-order valence-electron chi connectivity index (χ0n) is 37.8. The number of esters is 2. The monoisotopic (exact) mass is 854 g/mol. The van der Waals surface area contributed by atoms with Crippen LogP contribution in [0.4, 0.5) is 0 Å². The fourth-order valence-corrected chi connectivity index (χ4v) is 5.75. The molecule has 0 radical (unpaired) electrons. The minimum absolute atomic E-state index is 0.0597. The fraction of sp³-hybridized carbons (Fsp3) is 0.560. The number of phosphoric ester groups is 1. The first kappa shape index (κ1) is 56.4. The molecule has 0 rings (SSSR count). The van der Waals surface area contributed by atoms with Crippen LogP contribution < -0.4 is 4.89 Å². The van der Waals surface area contributed by atoms with Crippen molar-refractivity contribution in [3.63, 3.8) is 0 Å². The van der Waals surface area contributed by atoms with Crippen LogP contribution in [0.5, 0.6) is 0 Å². The summed E-state index contributed by atoms with van der Waals surface area (Å²) in [5, 5.41) is 0. The van der Waals surface area contributed by atoms with E-state index >= 15 is 0 Å². The molecule has 0 aromatic carbocycles. The molecule has 1 unspecified atom stereocenters. The van der Waals surface area contributed by atoms with Gasteiger partial charge in [0, 0.05) is 12.8 Å². The molecule has 2 atom stereocenters. The molecular formula is C50H80NO8P. The molecule has 0 N–H and O–H groups in total. The number of ether oxygens (including phenoxy) is 2. The number of phosphoric acid groups is 1. The van der Waals surface area contributed by atoms with Crippen molar-refractivity contribution in [2.24, 2.45) is 0 Å². The largest absolute Gasteiger partial charge is 0.756 e. The highest BCUT2D eigenvalue weighted by molar-refractivity contribution is 7.45. The number of hydrogen-bond acceptors (Lipinski definition) is 8. The van der Waals surface area contributed by atoms with Crippen molar-refractivity contribution in [1.82, 2.24) is 0 Å². The Labute approximate surface area is 365 Å².